The van der Waals surface area contributed by atoms with E-state index in [9.17, 15) is 24.4 Å². The van der Waals surface area contributed by atoms with Crippen molar-refractivity contribution in [3.05, 3.63) is 77.4 Å². The predicted molar refractivity (Wildman–Crippen MR) is 160 cm³/mol. The Labute approximate surface area is 245 Å². The van der Waals surface area contributed by atoms with Crippen LogP contribution in [-0.2, 0) is 19.1 Å². The number of nitrogens with two attached hydrogens (primary N) is 1. The summed E-state index contributed by atoms with van der Waals surface area (Å²) in [5.74, 6) is -1.96. The molecule has 3 aromatic rings. The predicted octanol–water partition coefficient (Wildman–Crippen LogP) is 4.65. The van der Waals surface area contributed by atoms with E-state index in [1.807, 2.05) is 68.4 Å². The lowest BCUT2D eigenvalue weighted by atomic mass is 9.95. The van der Waals surface area contributed by atoms with Gasteiger partial charge in [-0.25, -0.2) is 4.79 Å². The smallest absolute Gasteiger partial charge is 0.408 e. The van der Waals surface area contributed by atoms with Crippen LogP contribution in [0.15, 0.2) is 60.7 Å². The van der Waals surface area contributed by atoms with Crippen molar-refractivity contribution in [1.82, 2.24) is 10.2 Å². The van der Waals surface area contributed by atoms with E-state index in [-0.39, 0.29) is 12.8 Å². The summed E-state index contributed by atoms with van der Waals surface area (Å²) in [5, 5.41) is 17.1. The summed E-state index contributed by atoms with van der Waals surface area (Å²) in [4.78, 5) is 53.5. The lowest BCUT2D eigenvalue weighted by Gasteiger charge is -2.33. The highest BCUT2D eigenvalue weighted by atomic mass is 16.6. The maximum atomic E-state index is 14.1. The Kier molecular flexibility index (Phi) is 10.3. The molecule has 0 radical (unpaired) electrons. The van der Waals surface area contributed by atoms with E-state index >= 15 is 0 Å². The van der Waals surface area contributed by atoms with E-state index in [0.29, 0.717) is 11.3 Å². The molecule has 2 atom stereocenters. The van der Waals surface area contributed by atoms with Crippen LogP contribution >= 0.6 is 0 Å². The first-order valence-electron chi connectivity index (χ1n) is 13.6. The van der Waals surface area contributed by atoms with Gasteiger partial charge in [-0.15, -0.1) is 0 Å². The summed E-state index contributed by atoms with van der Waals surface area (Å²) in [5.41, 5.74) is 7.09. The summed E-state index contributed by atoms with van der Waals surface area (Å²) in [7, 11) is 0. The lowest BCUT2D eigenvalue weighted by molar-refractivity contribution is -0.140. The molecule has 4 N–H and O–H groups in total. The van der Waals surface area contributed by atoms with Crippen molar-refractivity contribution in [1.29, 1.82) is 5.26 Å². The van der Waals surface area contributed by atoms with Gasteiger partial charge in [0.25, 0.3) is 5.91 Å². The molecule has 3 aromatic carbocycles. The van der Waals surface area contributed by atoms with E-state index in [4.69, 9.17) is 10.5 Å². The highest BCUT2D eigenvalue weighted by Crippen LogP contribution is 2.29. The van der Waals surface area contributed by atoms with E-state index in [2.05, 4.69) is 10.6 Å². The van der Waals surface area contributed by atoms with Gasteiger partial charge in [-0.05, 0) is 75.1 Å². The number of nitriles is 1. The minimum absolute atomic E-state index is 0.152. The Bertz CT molecular complexity index is 1520. The molecule has 10 heteroatoms. The van der Waals surface area contributed by atoms with Crippen molar-refractivity contribution in [2.45, 2.75) is 65.1 Å². The van der Waals surface area contributed by atoms with Crippen LogP contribution in [0.2, 0.25) is 0 Å². The zero-order chi connectivity index (χ0) is 31.0. The van der Waals surface area contributed by atoms with Crippen molar-refractivity contribution in [3.8, 4) is 6.07 Å². The number of aryl methyl sites for hydroxylation is 2. The Morgan fingerprint density at radius 2 is 1.69 bits per heavy atom. The number of carbonyl (C=O) groups is 4. The minimum Gasteiger partial charge on any atom is -0.444 e. The number of benzene rings is 3. The first kappa shape index (κ1) is 31.6. The van der Waals surface area contributed by atoms with Gasteiger partial charge < -0.3 is 26.0 Å². The molecule has 0 aliphatic carbocycles. The molecule has 0 saturated carbocycles. The number of alkyl carbamates (subject to hydrolysis) is 1. The molecule has 0 aliphatic heterocycles. The van der Waals surface area contributed by atoms with Crippen molar-refractivity contribution in [2.75, 3.05) is 11.9 Å². The largest absolute Gasteiger partial charge is 0.444 e. The zero-order valence-electron chi connectivity index (χ0n) is 24.6. The normalized spacial score (nSPS) is 12.5. The summed E-state index contributed by atoms with van der Waals surface area (Å²) < 4.78 is 5.33. The number of nitrogens with one attached hydrogen (secondary N) is 2. The fourth-order valence-corrected chi connectivity index (χ4v) is 4.55. The van der Waals surface area contributed by atoms with Crippen LogP contribution in [0.5, 0.6) is 0 Å². The van der Waals surface area contributed by atoms with Crippen molar-refractivity contribution in [3.63, 3.8) is 0 Å². The Morgan fingerprint density at radius 1 is 1.00 bits per heavy atom. The molecule has 42 heavy (non-hydrogen) atoms. The standard InChI is InChI=1S/C32H37N5O5/c1-20-10-11-21(2)25(18-20)28(29(39)35-24-13-12-22-8-6-7-9-23(22)19-24)37(17-16-33)30(40)26(14-15-27(34)38)36-31(41)42-32(3,4)5/h6-13,18-19,26,28H,14-15,17H2,1-5H3,(H2,34,38)(H,35,39)(H,36,41). The van der Waals surface area contributed by atoms with Gasteiger partial charge >= 0.3 is 6.09 Å². The van der Waals surface area contributed by atoms with Gasteiger partial charge in [0.05, 0.1) is 6.07 Å². The van der Waals surface area contributed by atoms with E-state index < -0.39 is 48.0 Å². The van der Waals surface area contributed by atoms with Gasteiger partial charge in [0.15, 0.2) is 0 Å². The number of ether oxygens (including phenoxy) is 1. The second-order valence-electron chi connectivity index (χ2n) is 11.1. The van der Waals surface area contributed by atoms with E-state index in [1.54, 1.807) is 32.9 Å². The maximum absolute atomic E-state index is 14.1. The van der Waals surface area contributed by atoms with Crippen LogP contribution in [0.1, 0.15) is 56.3 Å². The first-order chi connectivity index (χ1) is 19.8. The number of primary amides is 1. The Hall–Kier alpha value is -4.91. The number of nitrogens with zero attached hydrogens (tertiary/aromatic N) is 2. The van der Waals surface area contributed by atoms with Crippen LogP contribution in [-0.4, -0.2) is 46.9 Å². The second-order valence-corrected chi connectivity index (χ2v) is 11.1. The van der Waals surface area contributed by atoms with E-state index in [0.717, 1.165) is 26.8 Å². The Balaban J connectivity index is 2.06. The molecule has 0 fully saturated rings. The van der Waals surface area contributed by atoms with Gasteiger partial charge in [-0.3, -0.25) is 14.4 Å². The second kappa shape index (κ2) is 13.6. The molecular formula is C32H37N5O5. The third-order valence-corrected chi connectivity index (χ3v) is 6.50. The van der Waals surface area contributed by atoms with Gasteiger partial charge in [-0.1, -0.05) is 54.1 Å². The summed E-state index contributed by atoms with van der Waals surface area (Å²) in [6, 6.07) is 18.1. The summed E-state index contributed by atoms with van der Waals surface area (Å²) in [6.07, 6.45) is -1.25. The monoisotopic (exact) mass is 571 g/mol. The number of rotatable bonds is 10. The van der Waals surface area contributed by atoms with Crippen LogP contribution in [0.4, 0.5) is 10.5 Å². The summed E-state index contributed by atoms with van der Waals surface area (Å²) in [6.45, 7) is 8.21. The molecule has 0 bridgehead atoms. The molecule has 0 heterocycles. The number of fused-ring (bicyclic) bond motifs is 1. The van der Waals surface area contributed by atoms with Crippen LogP contribution in [0, 0.1) is 25.2 Å². The highest BCUT2D eigenvalue weighted by Gasteiger charge is 2.37. The molecule has 0 saturated heterocycles. The minimum atomic E-state index is -1.29. The van der Waals surface area contributed by atoms with E-state index in [1.165, 1.54) is 0 Å². The average Bonchev–Trinajstić information content (AvgIpc) is 2.91. The molecule has 10 nitrogen and oxygen atoms in total. The molecule has 0 spiro atoms. The highest BCUT2D eigenvalue weighted by molar-refractivity contribution is 6.00. The fourth-order valence-electron chi connectivity index (χ4n) is 4.55. The van der Waals surface area contributed by atoms with Crippen molar-refractivity contribution in [2.24, 2.45) is 5.73 Å². The third-order valence-electron chi connectivity index (χ3n) is 6.50. The third kappa shape index (κ3) is 8.54. The first-order valence-corrected chi connectivity index (χ1v) is 13.6. The lowest BCUT2D eigenvalue weighted by Crippen LogP contribution is -2.52. The number of hydrogen-bond donors (Lipinski definition) is 3. The number of anilines is 1. The fraction of sp³-hybridized carbons (Fsp3) is 0.344. The van der Waals surface area contributed by atoms with Crippen LogP contribution < -0.4 is 16.4 Å². The molecular weight excluding hydrogens is 534 g/mol. The topological polar surface area (TPSA) is 155 Å². The zero-order valence-corrected chi connectivity index (χ0v) is 24.6. The Morgan fingerprint density at radius 3 is 2.33 bits per heavy atom. The average molecular weight is 572 g/mol. The van der Waals surface area contributed by atoms with Crippen LogP contribution in [0.25, 0.3) is 10.8 Å². The number of carbonyl (C=O) groups excluding carboxylic acids is 4. The van der Waals surface area contributed by atoms with Gasteiger partial charge in [-0.2, -0.15) is 5.26 Å². The van der Waals surface area contributed by atoms with Crippen molar-refractivity contribution < 1.29 is 23.9 Å². The number of hydrogen-bond acceptors (Lipinski definition) is 6. The molecule has 0 aromatic heterocycles. The maximum Gasteiger partial charge on any atom is 0.408 e. The van der Waals surface area contributed by atoms with Crippen LogP contribution in [0.3, 0.4) is 0 Å². The van der Waals surface area contributed by atoms with Gasteiger partial charge in [0.2, 0.25) is 11.8 Å². The molecule has 4 amide bonds. The SMILES string of the molecule is Cc1ccc(C)c(C(C(=O)Nc2ccc3ccccc3c2)N(CC#N)C(=O)C(CCC(N)=O)NC(=O)OC(C)(C)C)c1. The summed E-state index contributed by atoms with van der Waals surface area (Å²) >= 11 is 0. The molecule has 2 unspecified atom stereocenters. The molecule has 3 rings (SSSR count). The molecule has 0 aliphatic rings. The van der Waals surface area contributed by atoms with Crippen molar-refractivity contribution >= 4 is 40.3 Å². The molecule has 220 valence electrons. The van der Waals surface area contributed by atoms with Gasteiger partial charge in [0, 0.05) is 12.1 Å². The number of amides is 4. The van der Waals surface area contributed by atoms with Gasteiger partial charge in [0.1, 0.15) is 24.2 Å². The quantitative estimate of drug-likeness (QED) is 0.301.